The zero-order chi connectivity index (χ0) is 16.0. The van der Waals surface area contributed by atoms with Crippen LogP contribution < -0.4 is 9.50 Å². The number of nitrogens with zero attached hydrogens (tertiary/aromatic N) is 1. The highest BCUT2D eigenvalue weighted by atomic mass is 32.2. The minimum absolute atomic E-state index is 0.0251. The van der Waals surface area contributed by atoms with Crippen molar-refractivity contribution in [3.63, 3.8) is 0 Å². The van der Waals surface area contributed by atoms with Crippen LogP contribution in [-0.4, -0.2) is 38.2 Å². The first-order chi connectivity index (χ1) is 9.74. The summed E-state index contributed by atoms with van der Waals surface area (Å²) < 4.78 is 27.6. The molecule has 0 spiro atoms. The molecule has 0 saturated carbocycles. The van der Waals surface area contributed by atoms with Crippen molar-refractivity contribution in [3.05, 3.63) is 29.8 Å². The van der Waals surface area contributed by atoms with Crippen molar-refractivity contribution in [2.45, 2.75) is 33.4 Å². The molecular weight excluding hydrogens is 292 g/mol. The molecule has 0 radical (unpaired) electrons. The van der Waals surface area contributed by atoms with Crippen molar-refractivity contribution in [1.82, 2.24) is 10.2 Å². The Kier molecular flexibility index (Phi) is 6.02. The first kappa shape index (κ1) is 17.3. The lowest BCUT2D eigenvalue weighted by Gasteiger charge is -2.27. The van der Waals surface area contributed by atoms with E-state index >= 15 is 0 Å². The number of amides is 2. The Hall–Kier alpha value is -1.76. The summed E-state index contributed by atoms with van der Waals surface area (Å²) in [5.74, 6) is 0.245. The number of nitrogens with one attached hydrogen (secondary N) is 1. The Morgan fingerprint density at radius 2 is 1.95 bits per heavy atom. The molecule has 1 rings (SSSR count). The second-order valence-corrected chi connectivity index (χ2v) is 6.53. The molecule has 0 saturated heterocycles. The van der Waals surface area contributed by atoms with Crippen LogP contribution in [0.25, 0.3) is 0 Å². The van der Waals surface area contributed by atoms with Gasteiger partial charge in [0, 0.05) is 18.2 Å². The van der Waals surface area contributed by atoms with Gasteiger partial charge in [0.05, 0.1) is 12.8 Å². The zero-order valence-corrected chi connectivity index (χ0v) is 13.6. The second-order valence-electron chi connectivity index (χ2n) is 4.95. The van der Waals surface area contributed by atoms with Gasteiger partial charge in [-0.2, -0.15) is 8.42 Å². The fourth-order valence-electron chi connectivity index (χ4n) is 1.80. The van der Waals surface area contributed by atoms with E-state index in [-0.39, 0.29) is 24.4 Å². The minimum atomic E-state index is -3.61. The lowest BCUT2D eigenvalue weighted by Crippen LogP contribution is -2.43. The molecule has 0 fully saturated rings. The van der Waals surface area contributed by atoms with Gasteiger partial charge >= 0.3 is 16.1 Å². The molecule has 0 heterocycles. The number of carbonyl (C=O) groups is 1. The molecule has 6 nitrogen and oxygen atoms in total. The van der Waals surface area contributed by atoms with Gasteiger partial charge in [0.1, 0.15) is 5.75 Å². The number of hydrogen-bond donors (Lipinski definition) is 1. The van der Waals surface area contributed by atoms with Gasteiger partial charge in [0.2, 0.25) is 0 Å². The summed E-state index contributed by atoms with van der Waals surface area (Å²) in [5.41, 5.74) is 0.642. The van der Waals surface area contributed by atoms with Gasteiger partial charge in [-0.05, 0) is 26.8 Å². The minimum Gasteiger partial charge on any atom is -0.382 e. The smallest absolute Gasteiger partial charge is 0.317 e. The topological polar surface area (TPSA) is 75.7 Å². The molecule has 1 N–H and O–H groups in total. The van der Waals surface area contributed by atoms with Crippen molar-refractivity contribution >= 4 is 16.1 Å². The highest BCUT2D eigenvalue weighted by Crippen LogP contribution is 2.22. The van der Waals surface area contributed by atoms with E-state index in [1.807, 2.05) is 20.8 Å². The first-order valence-electron chi connectivity index (χ1n) is 6.76. The summed E-state index contributed by atoms with van der Waals surface area (Å²) in [4.78, 5) is 13.7. The molecule has 2 amide bonds. The maximum atomic E-state index is 12.0. The Labute approximate surface area is 126 Å². The predicted molar refractivity (Wildman–Crippen MR) is 81.7 cm³/mol. The van der Waals surface area contributed by atoms with Crippen LogP contribution in [-0.2, 0) is 16.7 Å². The Morgan fingerprint density at radius 1 is 1.33 bits per heavy atom. The predicted octanol–water partition coefficient (Wildman–Crippen LogP) is 1.96. The average molecular weight is 314 g/mol. The molecule has 0 atom stereocenters. The quantitative estimate of drug-likeness (QED) is 0.815. The van der Waals surface area contributed by atoms with E-state index < -0.39 is 10.1 Å². The molecule has 0 aliphatic rings. The van der Waals surface area contributed by atoms with Crippen LogP contribution in [0.1, 0.15) is 26.3 Å². The summed E-state index contributed by atoms with van der Waals surface area (Å²) >= 11 is 0. The molecule has 0 aliphatic heterocycles. The normalized spacial score (nSPS) is 11.3. The van der Waals surface area contributed by atoms with Gasteiger partial charge in [0.25, 0.3) is 0 Å². The van der Waals surface area contributed by atoms with E-state index in [4.69, 9.17) is 4.18 Å². The molecule has 1 aromatic rings. The highest BCUT2D eigenvalue weighted by Gasteiger charge is 2.19. The number of benzene rings is 1. The number of para-hydroxylation sites is 1. The van der Waals surface area contributed by atoms with Crippen molar-refractivity contribution in [1.29, 1.82) is 0 Å². The maximum absolute atomic E-state index is 12.0. The fraction of sp³-hybridized carbons (Fsp3) is 0.500. The monoisotopic (exact) mass is 314 g/mol. The third-order valence-corrected chi connectivity index (χ3v) is 3.25. The lowest BCUT2D eigenvalue weighted by atomic mass is 10.1. The third-order valence-electron chi connectivity index (χ3n) is 2.77. The Balaban J connectivity index is 3.01. The fourth-order valence-corrected chi connectivity index (χ4v) is 2.29. The van der Waals surface area contributed by atoms with E-state index in [9.17, 15) is 13.2 Å². The molecule has 1 aromatic carbocycles. The molecule has 0 bridgehead atoms. The molecular formula is C14H22N2O4S. The zero-order valence-electron chi connectivity index (χ0n) is 12.8. The summed E-state index contributed by atoms with van der Waals surface area (Å²) in [6.07, 6.45) is 0.994. The van der Waals surface area contributed by atoms with Crippen LogP contribution in [0.3, 0.4) is 0 Å². The molecule has 118 valence electrons. The largest absolute Gasteiger partial charge is 0.382 e. The Bertz CT molecular complexity index is 584. The molecule has 0 unspecified atom stereocenters. The summed E-state index contributed by atoms with van der Waals surface area (Å²) in [7, 11) is -3.61. The second kappa shape index (κ2) is 7.31. The number of hydrogen-bond acceptors (Lipinski definition) is 4. The van der Waals surface area contributed by atoms with Crippen LogP contribution in [0.2, 0.25) is 0 Å². The van der Waals surface area contributed by atoms with Crippen LogP contribution in [0.15, 0.2) is 24.3 Å². The molecule has 21 heavy (non-hydrogen) atoms. The van der Waals surface area contributed by atoms with E-state index in [0.29, 0.717) is 12.1 Å². The number of rotatable bonds is 6. The molecule has 0 aliphatic carbocycles. The summed E-state index contributed by atoms with van der Waals surface area (Å²) in [6, 6.07) is 6.57. The van der Waals surface area contributed by atoms with Crippen LogP contribution in [0, 0.1) is 0 Å². The van der Waals surface area contributed by atoms with Crippen LogP contribution in [0.5, 0.6) is 5.75 Å². The van der Waals surface area contributed by atoms with E-state index in [0.717, 1.165) is 6.26 Å². The van der Waals surface area contributed by atoms with Gasteiger partial charge in [-0.3, -0.25) is 0 Å². The summed E-state index contributed by atoms with van der Waals surface area (Å²) in [5, 5.41) is 2.74. The Morgan fingerprint density at radius 3 is 2.48 bits per heavy atom. The van der Waals surface area contributed by atoms with Gasteiger partial charge in [-0.25, -0.2) is 4.79 Å². The highest BCUT2D eigenvalue weighted by molar-refractivity contribution is 7.86. The van der Waals surface area contributed by atoms with Gasteiger partial charge in [-0.15, -0.1) is 0 Å². The molecule has 7 heteroatoms. The van der Waals surface area contributed by atoms with Crippen LogP contribution in [0.4, 0.5) is 4.79 Å². The number of urea groups is 1. The molecule has 0 aromatic heterocycles. The number of carbonyl (C=O) groups excluding carboxylic acids is 1. The first-order valence-corrected chi connectivity index (χ1v) is 8.58. The van der Waals surface area contributed by atoms with Crippen LogP contribution >= 0.6 is 0 Å². The third kappa shape index (κ3) is 5.63. The van der Waals surface area contributed by atoms with E-state index in [1.54, 1.807) is 29.2 Å². The van der Waals surface area contributed by atoms with E-state index in [1.165, 1.54) is 0 Å². The van der Waals surface area contributed by atoms with Gasteiger partial charge in [-0.1, -0.05) is 18.2 Å². The van der Waals surface area contributed by atoms with Gasteiger partial charge in [0.15, 0.2) is 0 Å². The lowest BCUT2D eigenvalue weighted by molar-refractivity contribution is 0.180. The SMILES string of the molecule is CCNC(=O)N(Cc1ccccc1OS(C)(=O)=O)C(C)C. The van der Waals surface area contributed by atoms with Crippen molar-refractivity contribution in [3.8, 4) is 5.75 Å². The maximum Gasteiger partial charge on any atom is 0.317 e. The summed E-state index contributed by atoms with van der Waals surface area (Å²) in [6.45, 7) is 6.44. The van der Waals surface area contributed by atoms with Crippen molar-refractivity contribution in [2.24, 2.45) is 0 Å². The van der Waals surface area contributed by atoms with Crippen molar-refractivity contribution < 1.29 is 17.4 Å². The van der Waals surface area contributed by atoms with Crippen molar-refractivity contribution in [2.75, 3.05) is 12.8 Å². The average Bonchev–Trinajstić information content (AvgIpc) is 2.35. The van der Waals surface area contributed by atoms with Gasteiger partial charge < -0.3 is 14.4 Å². The van der Waals surface area contributed by atoms with E-state index in [2.05, 4.69) is 5.32 Å². The standard InChI is InChI=1S/C14H22N2O4S/c1-5-15-14(17)16(11(2)3)10-12-8-6-7-9-13(12)20-21(4,18)19/h6-9,11H,5,10H2,1-4H3,(H,15,17).